The summed E-state index contributed by atoms with van der Waals surface area (Å²) in [6.07, 6.45) is 2.65. The maximum absolute atomic E-state index is 12.9. The van der Waals surface area contributed by atoms with Crippen molar-refractivity contribution in [2.24, 2.45) is 5.73 Å². The number of rotatable bonds is 5. The number of benzene rings is 1. The molecule has 3 rings (SSSR count). The van der Waals surface area contributed by atoms with Crippen LogP contribution in [0.4, 0.5) is 8.78 Å². The van der Waals surface area contributed by atoms with E-state index in [1.807, 2.05) is 36.1 Å². The molecule has 6 nitrogen and oxygen atoms in total. The van der Waals surface area contributed by atoms with Gasteiger partial charge in [-0.1, -0.05) is 29.8 Å². The second kappa shape index (κ2) is 10.7. The van der Waals surface area contributed by atoms with Gasteiger partial charge >= 0.3 is 6.55 Å². The molecule has 0 saturated carbocycles. The molecular weight excluding hydrogens is 411 g/mol. The Kier molecular flexibility index (Phi) is 9.29. The lowest BCUT2D eigenvalue weighted by atomic mass is 10.0. The average molecular weight is 436 g/mol. The number of imidazole rings is 1. The molecule has 1 aliphatic rings. The molecule has 1 atom stereocenters. The van der Waals surface area contributed by atoms with E-state index in [0.717, 1.165) is 15.7 Å². The zero-order valence-corrected chi connectivity index (χ0v) is 17.1. The Hall–Kier alpha value is -1.74. The summed E-state index contributed by atoms with van der Waals surface area (Å²) < 4.78 is 26.7. The molecule has 2 aromatic rings. The summed E-state index contributed by atoms with van der Waals surface area (Å²) in [5.41, 5.74) is 8.02. The molecule has 0 aliphatic carbocycles. The van der Waals surface area contributed by atoms with Crippen LogP contribution in [0.1, 0.15) is 29.5 Å². The van der Waals surface area contributed by atoms with Gasteiger partial charge in [-0.25, -0.2) is 4.98 Å². The van der Waals surface area contributed by atoms with Crippen LogP contribution >= 0.6 is 24.8 Å². The molecule has 1 aliphatic heterocycles. The fourth-order valence-corrected chi connectivity index (χ4v) is 3.08. The first-order valence-electron chi connectivity index (χ1n) is 8.59. The second-order valence-corrected chi connectivity index (χ2v) is 6.52. The van der Waals surface area contributed by atoms with Gasteiger partial charge in [0.05, 0.1) is 6.54 Å². The Balaban J connectivity index is 0.00000196. The highest BCUT2D eigenvalue weighted by atomic mass is 35.5. The van der Waals surface area contributed by atoms with E-state index in [1.165, 1.54) is 12.4 Å². The van der Waals surface area contributed by atoms with Crippen LogP contribution in [0.25, 0.3) is 0 Å². The number of aromatic nitrogens is 2. The predicted octanol–water partition coefficient (Wildman–Crippen LogP) is 2.77. The van der Waals surface area contributed by atoms with Crippen molar-refractivity contribution in [2.75, 3.05) is 26.2 Å². The molecule has 2 N–H and O–H groups in total. The average Bonchev–Trinajstić information content (AvgIpc) is 3.10. The van der Waals surface area contributed by atoms with Crippen molar-refractivity contribution in [1.82, 2.24) is 19.4 Å². The van der Waals surface area contributed by atoms with Crippen LogP contribution in [0, 0.1) is 6.92 Å². The number of nitrogens with two attached hydrogens (primary N) is 1. The number of amides is 1. The van der Waals surface area contributed by atoms with Gasteiger partial charge < -0.3 is 10.6 Å². The first-order chi connectivity index (χ1) is 12.5. The summed E-state index contributed by atoms with van der Waals surface area (Å²) in [7, 11) is 0. The zero-order chi connectivity index (χ0) is 18.7. The summed E-state index contributed by atoms with van der Waals surface area (Å²) in [5, 5.41) is 0. The van der Waals surface area contributed by atoms with Gasteiger partial charge in [0.1, 0.15) is 11.9 Å². The van der Waals surface area contributed by atoms with Crippen LogP contribution in [0.3, 0.4) is 0 Å². The lowest BCUT2D eigenvalue weighted by Crippen LogP contribution is -2.50. The topological polar surface area (TPSA) is 67.4 Å². The minimum Gasteiger partial charge on any atom is -0.338 e. The van der Waals surface area contributed by atoms with Crippen molar-refractivity contribution >= 4 is 30.7 Å². The summed E-state index contributed by atoms with van der Waals surface area (Å²) in [5.74, 6) is 0.221. The number of hydrogen-bond acceptors (Lipinski definition) is 4. The van der Waals surface area contributed by atoms with Crippen LogP contribution in [0.5, 0.6) is 0 Å². The number of carbonyl (C=O) groups excluding carboxylic acids is 1. The lowest BCUT2D eigenvalue weighted by molar-refractivity contribution is -0.134. The molecule has 1 fully saturated rings. The summed E-state index contributed by atoms with van der Waals surface area (Å²) in [4.78, 5) is 20.4. The van der Waals surface area contributed by atoms with Gasteiger partial charge in [0, 0.05) is 38.6 Å². The molecule has 10 heteroatoms. The molecular formula is C18H25Cl2F2N5O. The number of aryl methyl sites for hydroxylation is 1. The van der Waals surface area contributed by atoms with Crippen LogP contribution in [0.2, 0.25) is 0 Å². The number of hydrogen-bond donors (Lipinski definition) is 1. The van der Waals surface area contributed by atoms with E-state index in [2.05, 4.69) is 4.98 Å². The molecule has 1 unspecified atom stereocenters. The van der Waals surface area contributed by atoms with Gasteiger partial charge in [0.25, 0.3) is 0 Å². The smallest absolute Gasteiger partial charge is 0.319 e. The first-order valence-corrected chi connectivity index (χ1v) is 8.59. The molecule has 1 aromatic carbocycles. The van der Waals surface area contributed by atoms with Crippen molar-refractivity contribution in [3.63, 3.8) is 0 Å². The predicted molar refractivity (Wildman–Crippen MR) is 108 cm³/mol. The van der Waals surface area contributed by atoms with E-state index in [-0.39, 0.29) is 30.7 Å². The summed E-state index contributed by atoms with van der Waals surface area (Å²) in [6.45, 7) is 1.97. The maximum Gasteiger partial charge on any atom is 0.319 e. The number of nitrogens with zero attached hydrogens (tertiary/aromatic N) is 4. The minimum absolute atomic E-state index is 0. The molecule has 0 radical (unpaired) electrons. The Morgan fingerprint density at radius 2 is 1.75 bits per heavy atom. The highest BCUT2D eigenvalue weighted by molar-refractivity contribution is 5.85. The van der Waals surface area contributed by atoms with Crippen LogP contribution in [-0.4, -0.2) is 51.4 Å². The van der Waals surface area contributed by atoms with Gasteiger partial charge in [0.15, 0.2) is 0 Å². The number of piperazine rings is 1. The maximum atomic E-state index is 12.9. The van der Waals surface area contributed by atoms with Crippen molar-refractivity contribution < 1.29 is 13.6 Å². The molecule has 2 heterocycles. The van der Waals surface area contributed by atoms with Crippen LogP contribution in [0.15, 0.2) is 36.7 Å². The largest absolute Gasteiger partial charge is 0.338 e. The van der Waals surface area contributed by atoms with E-state index in [4.69, 9.17) is 5.73 Å². The normalized spacial score (nSPS) is 15.7. The SMILES string of the molecule is Cc1ccc(C(N)C(=O)N2CCN(Cc3nccn3C(F)F)CC2)cc1.Cl.Cl. The molecule has 0 spiro atoms. The summed E-state index contributed by atoms with van der Waals surface area (Å²) >= 11 is 0. The second-order valence-electron chi connectivity index (χ2n) is 6.52. The Labute approximate surface area is 175 Å². The van der Waals surface area contributed by atoms with E-state index >= 15 is 0 Å². The van der Waals surface area contributed by atoms with Crippen LogP contribution < -0.4 is 5.73 Å². The highest BCUT2D eigenvalue weighted by Gasteiger charge is 2.27. The van der Waals surface area contributed by atoms with Crippen molar-refractivity contribution in [1.29, 1.82) is 0 Å². The fourth-order valence-electron chi connectivity index (χ4n) is 3.08. The van der Waals surface area contributed by atoms with E-state index in [0.29, 0.717) is 38.5 Å². The summed E-state index contributed by atoms with van der Waals surface area (Å²) in [6, 6.07) is 6.94. The third kappa shape index (κ3) is 5.64. The van der Waals surface area contributed by atoms with Gasteiger partial charge in [-0.2, -0.15) is 8.78 Å². The Morgan fingerprint density at radius 1 is 1.14 bits per heavy atom. The lowest BCUT2D eigenvalue weighted by Gasteiger charge is -2.35. The fraction of sp³-hybridized carbons (Fsp3) is 0.444. The van der Waals surface area contributed by atoms with Crippen LogP contribution in [-0.2, 0) is 11.3 Å². The quantitative estimate of drug-likeness (QED) is 0.783. The van der Waals surface area contributed by atoms with Crippen molar-refractivity contribution in [3.05, 3.63) is 53.6 Å². The van der Waals surface area contributed by atoms with E-state index < -0.39 is 12.6 Å². The molecule has 28 heavy (non-hydrogen) atoms. The van der Waals surface area contributed by atoms with Gasteiger partial charge in [-0.3, -0.25) is 14.3 Å². The Bertz CT molecular complexity index is 749. The zero-order valence-electron chi connectivity index (χ0n) is 15.5. The monoisotopic (exact) mass is 435 g/mol. The Morgan fingerprint density at radius 3 is 2.32 bits per heavy atom. The molecule has 1 saturated heterocycles. The molecule has 1 amide bonds. The highest BCUT2D eigenvalue weighted by Crippen LogP contribution is 2.18. The molecule has 0 bridgehead atoms. The standard InChI is InChI=1S/C18H23F2N5O.2ClH/c1-13-2-4-14(5-3-13)16(21)17(26)24-10-8-23(9-11-24)12-15-22-6-7-25(15)18(19)20;;/h2-7,16,18H,8-12,21H2,1H3;2*1H. The number of carbonyl (C=O) groups is 1. The third-order valence-electron chi connectivity index (χ3n) is 4.71. The van der Waals surface area contributed by atoms with Crippen molar-refractivity contribution in [3.8, 4) is 0 Å². The van der Waals surface area contributed by atoms with Crippen molar-refractivity contribution in [2.45, 2.75) is 26.1 Å². The van der Waals surface area contributed by atoms with Gasteiger partial charge in [-0.15, -0.1) is 24.8 Å². The minimum atomic E-state index is -2.59. The number of halogens is 4. The third-order valence-corrected chi connectivity index (χ3v) is 4.71. The molecule has 1 aromatic heterocycles. The molecule has 156 valence electrons. The van der Waals surface area contributed by atoms with E-state index in [9.17, 15) is 13.6 Å². The van der Waals surface area contributed by atoms with Gasteiger partial charge in [-0.05, 0) is 12.5 Å². The van der Waals surface area contributed by atoms with Gasteiger partial charge in [0.2, 0.25) is 5.91 Å². The first kappa shape index (κ1) is 24.3. The number of alkyl halides is 2. The van der Waals surface area contributed by atoms with E-state index in [1.54, 1.807) is 4.90 Å².